The molecule has 0 aliphatic rings. The van der Waals surface area contributed by atoms with Gasteiger partial charge in [-0.05, 0) is 13.8 Å². The monoisotopic (exact) mass is 350 g/mol. The van der Waals surface area contributed by atoms with Crippen molar-refractivity contribution in [2.45, 2.75) is 34.6 Å². The quantitative estimate of drug-likeness (QED) is 0.412. The molecule has 0 saturated heterocycles. The molecule has 0 bridgehead atoms. The second-order valence-corrected chi connectivity index (χ2v) is 3.95. The maximum atomic E-state index is 10.4. The van der Waals surface area contributed by atoms with Crippen molar-refractivity contribution in [3.8, 4) is 0 Å². The van der Waals surface area contributed by atoms with Gasteiger partial charge in [0.05, 0.1) is 0 Å². The average Bonchev–Trinajstić information content (AvgIpc) is 2.10. The molecule has 0 heterocycles. The van der Waals surface area contributed by atoms with E-state index >= 15 is 0 Å². The molecule has 0 radical (unpaired) electrons. The van der Waals surface area contributed by atoms with Crippen molar-refractivity contribution in [3.63, 3.8) is 0 Å². The number of aliphatic carboxylic acids is 2. The van der Waals surface area contributed by atoms with E-state index in [0.717, 1.165) is 34.6 Å². The van der Waals surface area contributed by atoms with E-state index in [2.05, 4.69) is 13.6 Å². The normalized spacial score (nSPS) is 7.73. The molecule has 0 spiro atoms. The Morgan fingerprint density at radius 3 is 0.864 bits per heavy atom. The summed E-state index contributed by atoms with van der Waals surface area (Å²) in [5.41, 5.74) is 0. The molecule has 10 nitrogen and oxygen atoms in total. The summed E-state index contributed by atoms with van der Waals surface area (Å²) in [4.78, 5) is 49.1. The van der Waals surface area contributed by atoms with Gasteiger partial charge in [0.25, 0.3) is 0 Å². The molecule has 0 fully saturated rings. The van der Waals surface area contributed by atoms with Crippen molar-refractivity contribution in [2.24, 2.45) is 0 Å². The Kier molecular flexibility index (Phi) is 22.9. The van der Waals surface area contributed by atoms with Gasteiger partial charge < -0.3 is 33.4 Å². The molecule has 0 aromatic carbocycles. The molecular formula is C10H15MgO10P. The fourth-order valence-electron chi connectivity index (χ4n) is 0.371. The molecule has 0 aromatic heterocycles. The van der Waals surface area contributed by atoms with Gasteiger partial charge >= 0.3 is 49.6 Å². The summed E-state index contributed by atoms with van der Waals surface area (Å²) >= 11 is 0. The molecule has 122 valence electrons. The van der Waals surface area contributed by atoms with Crippen molar-refractivity contribution in [1.82, 2.24) is 0 Å². The smallest absolute Gasteiger partial charge is 0.550 e. The largest absolute Gasteiger partial charge is 2.00 e. The van der Waals surface area contributed by atoms with E-state index in [9.17, 15) is 14.4 Å². The fraction of sp³-hybridized carbons (Fsp3) is 0.500. The first kappa shape index (κ1) is 28.7. The summed E-state index contributed by atoms with van der Waals surface area (Å²) in [6.45, 7) is 5.28. The molecular weight excluding hydrogens is 335 g/mol. The van der Waals surface area contributed by atoms with Crippen molar-refractivity contribution in [1.29, 1.82) is 0 Å². The number of hydrogen-bond acceptors (Lipinski definition) is 10. The molecule has 12 heteroatoms. The SMILES string of the molecule is CC(=O)OP(OC(C)=O)OC(C)=O.CC(=O)[O-].CC(=O)[O-].[Mg+2]. The van der Waals surface area contributed by atoms with E-state index in [1.54, 1.807) is 0 Å². The van der Waals surface area contributed by atoms with Gasteiger partial charge in [0, 0.05) is 32.7 Å². The van der Waals surface area contributed by atoms with Crippen LogP contribution in [0.2, 0.25) is 0 Å². The topological polar surface area (TPSA) is 159 Å². The Balaban J connectivity index is -0.000000150. The zero-order valence-corrected chi connectivity index (χ0v) is 15.0. The van der Waals surface area contributed by atoms with Crippen LogP contribution in [-0.2, 0) is 37.5 Å². The molecule has 0 unspecified atom stereocenters. The standard InChI is InChI=1S/C6H9O6P.2C2H4O2.Mg/c1-4(7)10-13(11-5(2)8)12-6(3)9;2*1-2(3)4;/h1-3H3;2*1H3,(H,3,4);/q;;;+2/p-2. The van der Waals surface area contributed by atoms with Crippen LogP contribution in [0.1, 0.15) is 34.6 Å². The van der Waals surface area contributed by atoms with E-state index in [0.29, 0.717) is 0 Å². The Morgan fingerprint density at radius 1 is 0.636 bits per heavy atom. The van der Waals surface area contributed by atoms with Crippen LogP contribution in [0.15, 0.2) is 0 Å². The van der Waals surface area contributed by atoms with E-state index in [1.807, 2.05) is 0 Å². The fourth-order valence-corrected chi connectivity index (χ4v) is 1.11. The van der Waals surface area contributed by atoms with Crippen LogP contribution in [0.25, 0.3) is 0 Å². The summed E-state index contributed by atoms with van der Waals surface area (Å²) in [5.74, 6) is -4.23. The van der Waals surface area contributed by atoms with Crippen molar-refractivity contribution in [2.75, 3.05) is 0 Å². The van der Waals surface area contributed by atoms with Gasteiger partial charge in [-0.25, -0.2) is 0 Å². The van der Waals surface area contributed by atoms with E-state index in [1.165, 1.54) is 0 Å². The van der Waals surface area contributed by atoms with Crippen molar-refractivity contribution in [3.05, 3.63) is 0 Å². The molecule has 0 saturated carbocycles. The minimum atomic E-state index is -2.23. The van der Waals surface area contributed by atoms with E-state index < -0.39 is 38.4 Å². The van der Waals surface area contributed by atoms with Gasteiger partial charge in [-0.2, -0.15) is 0 Å². The minimum absolute atomic E-state index is 0. The molecule has 0 aliphatic carbocycles. The maximum absolute atomic E-state index is 10.4. The zero-order chi connectivity index (χ0) is 17.6. The van der Waals surface area contributed by atoms with Gasteiger partial charge in [-0.15, -0.1) is 0 Å². The minimum Gasteiger partial charge on any atom is -0.550 e. The van der Waals surface area contributed by atoms with Crippen LogP contribution in [0, 0.1) is 0 Å². The number of rotatable bonds is 3. The van der Waals surface area contributed by atoms with Crippen LogP contribution < -0.4 is 10.2 Å². The first-order chi connectivity index (χ1) is 9.38. The third kappa shape index (κ3) is 51.3. The Morgan fingerprint density at radius 2 is 0.773 bits per heavy atom. The maximum Gasteiger partial charge on any atom is 2.00 e. The van der Waals surface area contributed by atoms with E-state index in [4.69, 9.17) is 19.8 Å². The number of carbonyl (C=O) groups is 5. The summed E-state index contributed by atoms with van der Waals surface area (Å²) in [6, 6.07) is 0. The van der Waals surface area contributed by atoms with Crippen LogP contribution >= 0.6 is 8.60 Å². The molecule has 22 heavy (non-hydrogen) atoms. The third-order valence-corrected chi connectivity index (χ3v) is 1.83. The second-order valence-electron chi connectivity index (χ2n) is 2.96. The number of carboxylic acids is 2. The van der Waals surface area contributed by atoms with Crippen LogP contribution in [0.5, 0.6) is 0 Å². The second kappa shape index (κ2) is 17.6. The third-order valence-electron chi connectivity index (χ3n) is 0.609. The van der Waals surface area contributed by atoms with Gasteiger partial charge in [0.15, 0.2) is 0 Å². The predicted molar refractivity (Wildman–Crippen MR) is 69.3 cm³/mol. The van der Waals surface area contributed by atoms with Crippen LogP contribution in [0.3, 0.4) is 0 Å². The molecule has 0 N–H and O–H groups in total. The molecule has 0 amide bonds. The van der Waals surface area contributed by atoms with E-state index in [-0.39, 0.29) is 23.1 Å². The predicted octanol–water partition coefficient (Wildman–Crippen LogP) is -1.97. The zero-order valence-electron chi connectivity index (χ0n) is 12.7. The van der Waals surface area contributed by atoms with Gasteiger partial charge in [0.1, 0.15) is 0 Å². The Hall–Kier alpha value is -1.45. The molecule has 0 aromatic rings. The molecule has 0 aliphatic heterocycles. The summed E-state index contributed by atoms with van der Waals surface area (Å²) in [6.07, 6.45) is 0. The average molecular weight is 350 g/mol. The number of hydrogen-bond donors (Lipinski definition) is 0. The van der Waals surface area contributed by atoms with Crippen molar-refractivity contribution < 1.29 is 47.8 Å². The Bertz CT molecular complexity index is 326. The van der Waals surface area contributed by atoms with Gasteiger partial charge in [-0.1, -0.05) is 0 Å². The first-order valence-electron chi connectivity index (χ1n) is 5.09. The summed E-state index contributed by atoms with van der Waals surface area (Å²) < 4.78 is 13.2. The molecule has 0 atom stereocenters. The number of carbonyl (C=O) groups excluding carboxylic acids is 5. The summed E-state index contributed by atoms with van der Waals surface area (Å²) in [5, 5.41) is 17.8. The van der Waals surface area contributed by atoms with Crippen molar-refractivity contribution >= 4 is 61.5 Å². The summed E-state index contributed by atoms with van der Waals surface area (Å²) in [7, 11) is -2.23. The first-order valence-corrected chi connectivity index (χ1v) is 6.18. The van der Waals surface area contributed by atoms with Gasteiger partial charge in [-0.3, -0.25) is 14.4 Å². The van der Waals surface area contributed by atoms with Crippen LogP contribution in [0.4, 0.5) is 0 Å². The Labute approximate surface area is 144 Å². The van der Waals surface area contributed by atoms with Gasteiger partial charge in [0.2, 0.25) is 0 Å². The number of carboxylic acid groups (broad SMARTS) is 2. The molecule has 0 rings (SSSR count). The van der Waals surface area contributed by atoms with Crippen LogP contribution in [-0.4, -0.2) is 52.9 Å².